The van der Waals surface area contributed by atoms with E-state index < -0.39 is 0 Å². The van der Waals surface area contributed by atoms with Crippen LogP contribution in [0.4, 0.5) is 0 Å². The van der Waals surface area contributed by atoms with Crippen molar-refractivity contribution in [3.8, 4) is 5.75 Å². The first-order valence-corrected chi connectivity index (χ1v) is 7.50. The number of rotatable bonds is 4. The smallest absolute Gasteiger partial charge is 0.119 e. The molecule has 0 bridgehead atoms. The van der Waals surface area contributed by atoms with Crippen molar-refractivity contribution in [3.05, 3.63) is 29.8 Å². The lowest BCUT2D eigenvalue weighted by atomic mass is 9.96. The highest BCUT2D eigenvalue weighted by Gasteiger charge is 2.32. The number of hydrogen-bond donors (Lipinski definition) is 1. The molecule has 2 unspecified atom stereocenters. The van der Waals surface area contributed by atoms with Gasteiger partial charge in [-0.3, -0.25) is 4.90 Å². The predicted octanol–water partition coefficient (Wildman–Crippen LogP) is 2.58. The Balaban J connectivity index is 1.87. The van der Waals surface area contributed by atoms with Crippen LogP contribution in [0, 0.1) is 0 Å². The Bertz CT molecular complexity index is 393. The van der Waals surface area contributed by atoms with Gasteiger partial charge in [-0.2, -0.15) is 0 Å². The van der Waals surface area contributed by atoms with Crippen LogP contribution < -0.4 is 10.1 Å². The van der Waals surface area contributed by atoms with Crippen LogP contribution >= 0.6 is 0 Å². The Kier molecular flexibility index (Phi) is 4.04. The maximum absolute atomic E-state index is 5.39. The quantitative estimate of drug-likeness (QED) is 0.900. The molecule has 3 nitrogen and oxygen atoms in total. The van der Waals surface area contributed by atoms with E-state index in [-0.39, 0.29) is 0 Å². The van der Waals surface area contributed by atoms with Gasteiger partial charge in [-0.05, 0) is 63.0 Å². The Morgan fingerprint density at radius 2 is 2.11 bits per heavy atom. The zero-order chi connectivity index (χ0) is 13.1. The summed E-state index contributed by atoms with van der Waals surface area (Å²) in [6.45, 7) is 3.64. The van der Waals surface area contributed by atoms with Gasteiger partial charge in [0, 0.05) is 6.04 Å². The van der Waals surface area contributed by atoms with Gasteiger partial charge in [0.15, 0.2) is 0 Å². The first kappa shape index (κ1) is 12.9. The first-order valence-electron chi connectivity index (χ1n) is 7.50. The zero-order valence-corrected chi connectivity index (χ0v) is 11.8. The molecule has 0 aliphatic carbocycles. The van der Waals surface area contributed by atoms with E-state index in [4.69, 9.17) is 4.74 Å². The molecule has 104 valence electrons. The van der Waals surface area contributed by atoms with Crippen molar-refractivity contribution < 1.29 is 4.74 Å². The lowest BCUT2D eigenvalue weighted by Crippen LogP contribution is -2.39. The molecule has 1 aromatic carbocycles. The third-order valence-corrected chi connectivity index (χ3v) is 4.45. The van der Waals surface area contributed by atoms with E-state index in [0.717, 1.165) is 5.75 Å². The second-order valence-corrected chi connectivity index (χ2v) is 5.67. The zero-order valence-electron chi connectivity index (χ0n) is 11.8. The van der Waals surface area contributed by atoms with Crippen molar-refractivity contribution >= 4 is 0 Å². The summed E-state index contributed by atoms with van der Waals surface area (Å²) in [5.41, 5.74) is 1.40. The third kappa shape index (κ3) is 2.77. The fraction of sp³-hybridized carbons (Fsp3) is 0.625. The predicted molar refractivity (Wildman–Crippen MR) is 77.6 cm³/mol. The van der Waals surface area contributed by atoms with Gasteiger partial charge in [0.05, 0.1) is 13.2 Å². The normalized spacial score (nSPS) is 25.6. The summed E-state index contributed by atoms with van der Waals surface area (Å²) >= 11 is 0. The molecule has 2 fully saturated rings. The van der Waals surface area contributed by atoms with Gasteiger partial charge >= 0.3 is 0 Å². The van der Waals surface area contributed by atoms with Gasteiger partial charge in [0.2, 0.25) is 0 Å². The molecule has 3 heteroatoms. The fourth-order valence-corrected chi connectivity index (χ4v) is 3.52. The molecule has 1 aromatic rings. The van der Waals surface area contributed by atoms with Gasteiger partial charge in [-0.25, -0.2) is 0 Å². The number of methoxy groups -OCH3 is 1. The number of nitrogens with one attached hydrogen (secondary N) is 1. The summed E-state index contributed by atoms with van der Waals surface area (Å²) in [5, 5.41) is 3.69. The molecule has 0 radical (unpaired) electrons. The van der Waals surface area contributed by atoms with Crippen molar-refractivity contribution in [2.45, 2.75) is 37.8 Å². The molecule has 2 aliphatic heterocycles. The Morgan fingerprint density at radius 1 is 1.26 bits per heavy atom. The lowest BCUT2D eigenvalue weighted by molar-refractivity contribution is 0.201. The topological polar surface area (TPSA) is 24.5 Å². The van der Waals surface area contributed by atoms with E-state index >= 15 is 0 Å². The van der Waals surface area contributed by atoms with Gasteiger partial charge in [-0.15, -0.1) is 0 Å². The second-order valence-electron chi connectivity index (χ2n) is 5.67. The molecule has 0 spiro atoms. The minimum Gasteiger partial charge on any atom is -0.497 e. The standard InChI is InChI=1S/C16H24N2O/c1-19-14-7-4-6-13(12-14)16(15-8-5-9-17-15)18-10-2-3-11-18/h4,6-7,12,15-17H,2-3,5,8-11H2,1H3. The van der Waals surface area contributed by atoms with Crippen molar-refractivity contribution in [1.82, 2.24) is 10.2 Å². The van der Waals surface area contributed by atoms with Gasteiger partial charge < -0.3 is 10.1 Å². The molecule has 19 heavy (non-hydrogen) atoms. The van der Waals surface area contributed by atoms with E-state index in [9.17, 15) is 0 Å². The summed E-state index contributed by atoms with van der Waals surface area (Å²) in [4.78, 5) is 2.65. The summed E-state index contributed by atoms with van der Waals surface area (Å²) < 4.78 is 5.39. The number of ether oxygens (including phenoxy) is 1. The SMILES string of the molecule is COc1cccc(C(C2CCCN2)N2CCCC2)c1. The lowest BCUT2D eigenvalue weighted by Gasteiger charge is -2.33. The highest BCUT2D eigenvalue weighted by atomic mass is 16.5. The van der Waals surface area contributed by atoms with Crippen LogP contribution in [0.3, 0.4) is 0 Å². The first-order chi connectivity index (χ1) is 9.38. The van der Waals surface area contributed by atoms with E-state index in [1.165, 1.54) is 50.9 Å². The summed E-state index contributed by atoms with van der Waals surface area (Å²) in [7, 11) is 1.75. The van der Waals surface area contributed by atoms with Crippen molar-refractivity contribution in [3.63, 3.8) is 0 Å². The van der Waals surface area contributed by atoms with E-state index in [0.29, 0.717) is 12.1 Å². The fourth-order valence-electron chi connectivity index (χ4n) is 3.52. The van der Waals surface area contributed by atoms with Crippen LogP contribution in [-0.4, -0.2) is 37.7 Å². The molecule has 0 saturated carbocycles. The number of nitrogens with zero attached hydrogens (tertiary/aromatic N) is 1. The molecule has 2 heterocycles. The van der Waals surface area contributed by atoms with E-state index in [1.54, 1.807) is 7.11 Å². The molecular formula is C16H24N2O. The minimum absolute atomic E-state index is 0.514. The van der Waals surface area contributed by atoms with Crippen LogP contribution in [0.2, 0.25) is 0 Å². The molecule has 2 saturated heterocycles. The second kappa shape index (κ2) is 5.93. The molecule has 3 rings (SSSR count). The summed E-state index contributed by atoms with van der Waals surface area (Å²) in [5.74, 6) is 0.972. The Hall–Kier alpha value is -1.06. The number of benzene rings is 1. The molecule has 2 aliphatic rings. The monoisotopic (exact) mass is 260 g/mol. The van der Waals surface area contributed by atoms with Crippen LogP contribution in [0.5, 0.6) is 5.75 Å². The Labute approximate surface area is 115 Å². The number of hydrogen-bond acceptors (Lipinski definition) is 3. The van der Waals surface area contributed by atoms with Crippen molar-refractivity contribution in [2.75, 3.05) is 26.7 Å². The van der Waals surface area contributed by atoms with Crippen LogP contribution in [0.25, 0.3) is 0 Å². The van der Waals surface area contributed by atoms with Crippen molar-refractivity contribution in [1.29, 1.82) is 0 Å². The third-order valence-electron chi connectivity index (χ3n) is 4.45. The number of likely N-dealkylation sites (tertiary alicyclic amines) is 1. The minimum atomic E-state index is 0.514. The van der Waals surface area contributed by atoms with Crippen molar-refractivity contribution in [2.24, 2.45) is 0 Å². The summed E-state index contributed by atoms with van der Waals surface area (Å²) in [6, 6.07) is 9.73. The van der Waals surface area contributed by atoms with Crippen LogP contribution in [0.1, 0.15) is 37.3 Å². The molecule has 0 amide bonds. The Morgan fingerprint density at radius 3 is 2.79 bits per heavy atom. The van der Waals surface area contributed by atoms with Crippen LogP contribution in [0.15, 0.2) is 24.3 Å². The maximum atomic E-state index is 5.39. The van der Waals surface area contributed by atoms with Gasteiger partial charge in [0.25, 0.3) is 0 Å². The van der Waals surface area contributed by atoms with Crippen LogP contribution in [-0.2, 0) is 0 Å². The van der Waals surface area contributed by atoms with Gasteiger partial charge in [0.1, 0.15) is 5.75 Å². The van der Waals surface area contributed by atoms with E-state index in [2.05, 4.69) is 28.4 Å². The average molecular weight is 260 g/mol. The average Bonchev–Trinajstić information content (AvgIpc) is 3.13. The van der Waals surface area contributed by atoms with Gasteiger partial charge in [-0.1, -0.05) is 12.1 Å². The molecular weight excluding hydrogens is 236 g/mol. The van der Waals surface area contributed by atoms with E-state index in [1.807, 2.05) is 6.07 Å². The summed E-state index contributed by atoms with van der Waals surface area (Å²) in [6.07, 6.45) is 5.28. The molecule has 1 N–H and O–H groups in total. The molecule has 2 atom stereocenters. The highest BCUT2D eigenvalue weighted by Crippen LogP contribution is 2.33. The largest absolute Gasteiger partial charge is 0.497 e. The maximum Gasteiger partial charge on any atom is 0.119 e. The molecule has 0 aromatic heterocycles. The highest BCUT2D eigenvalue weighted by molar-refractivity contribution is 5.31.